The molecule has 1 heterocycles. The summed E-state index contributed by atoms with van der Waals surface area (Å²) in [5.41, 5.74) is 5.67. The fourth-order valence-corrected chi connectivity index (χ4v) is 2.17. The van der Waals surface area contributed by atoms with Crippen molar-refractivity contribution in [2.45, 2.75) is 18.8 Å². The lowest BCUT2D eigenvalue weighted by Gasteiger charge is -2.09. The molecule has 2 aromatic rings. The van der Waals surface area contributed by atoms with E-state index in [9.17, 15) is 8.78 Å². The molecule has 4 nitrogen and oxygen atoms in total. The predicted molar refractivity (Wildman–Crippen MR) is 72.6 cm³/mol. The maximum Gasteiger partial charge on any atom is 0.224 e. The van der Waals surface area contributed by atoms with Crippen molar-refractivity contribution in [3.05, 3.63) is 40.1 Å². The number of nitrogens with two attached hydrogens (primary N) is 1. The van der Waals surface area contributed by atoms with Crippen LogP contribution in [0.4, 0.5) is 14.6 Å². The van der Waals surface area contributed by atoms with E-state index in [0.29, 0.717) is 10.3 Å². The van der Waals surface area contributed by atoms with Crippen molar-refractivity contribution in [1.82, 2.24) is 9.97 Å². The Balaban J connectivity index is 1.95. The molecule has 7 heteroatoms. The molecule has 0 saturated heterocycles. The maximum absolute atomic E-state index is 13.6. The van der Waals surface area contributed by atoms with E-state index in [-0.39, 0.29) is 23.4 Å². The van der Waals surface area contributed by atoms with Crippen molar-refractivity contribution in [2.75, 3.05) is 5.73 Å². The third-order valence-electron chi connectivity index (χ3n) is 2.86. The Morgan fingerprint density at radius 2 is 1.95 bits per heavy atom. The van der Waals surface area contributed by atoms with Gasteiger partial charge in [-0.3, -0.25) is 0 Å². The Labute approximate surface area is 122 Å². The van der Waals surface area contributed by atoms with Gasteiger partial charge in [0.05, 0.1) is 0 Å². The number of ether oxygens (including phenoxy) is 1. The number of nitrogen functional groups attached to an aromatic ring is 1. The number of anilines is 1. The van der Waals surface area contributed by atoms with E-state index < -0.39 is 11.6 Å². The number of hydrogen-bond donors (Lipinski definition) is 1. The van der Waals surface area contributed by atoms with E-state index in [1.165, 1.54) is 12.1 Å². The molecule has 0 amide bonds. The fraction of sp³-hybridized carbons (Fsp3) is 0.231. The summed E-state index contributed by atoms with van der Waals surface area (Å²) in [6.45, 7) is 0. The van der Waals surface area contributed by atoms with Gasteiger partial charge in [-0.25, -0.2) is 9.37 Å². The third-order valence-corrected chi connectivity index (χ3v) is 3.31. The first-order valence-corrected chi connectivity index (χ1v) is 6.79. The summed E-state index contributed by atoms with van der Waals surface area (Å²) in [7, 11) is 0. The molecule has 104 valence electrons. The van der Waals surface area contributed by atoms with Crippen LogP contribution in [0.5, 0.6) is 11.6 Å². The molecule has 0 aliphatic heterocycles. The first-order valence-electron chi connectivity index (χ1n) is 6.00. The summed E-state index contributed by atoms with van der Waals surface area (Å²) in [5.74, 6) is -1.11. The Kier molecular flexibility index (Phi) is 3.29. The van der Waals surface area contributed by atoms with Crippen molar-refractivity contribution in [3.63, 3.8) is 0 Å². The van der Waals surface area contributed by atoms with Crippen molar-refractivity contribution in [3.8, 4) is 11.6 Å². The van der Waals surface area contributed by atoms with E-state index in [1.807, 2.05) is 0 Å². The minimum absolute atomic E-state index is 0.107. The number of nitrogens with zero attached hydrogens (tertiary/aromatic N) is 2. The minimum Gasteiger partial charge on any atom is -0.436 e. The zero-order chi connectivity index (χ0) is 14.3. The summed E-state index contributed by atoms with van der Waals surface area (Å²) in [5, 5.41) is 0. The van der Waals surface area contributed by atoms with Gasteiger partial charge in [0.25, 0.3) is 0 Å². The average Bonchev–Trinajstić information content (AvgIpc) is 3.18. The summed E-state index contributed by atoms with van der Waals surface area (Å²) in [4.78, 5) is 8.28. The van der Waals surface area contributed by atoms with Gasteiger partial charge >= 0.3 is 0 Å². The molecule has 0 bridgehead atoms. The van der Waals surface area contributed by atoms with Gasteiger partial charge in [0.1, 0.15) is 11.6 Å². The predicted octanol–water partition coefficient (Wildman–Crippen LogP) is 3.77. The Morgan fingerprint density at radius 3 is 2.65 bits per heavy atom. The van der Waals surface area contributed by atoms with E-state index in [4.69, 9.17) is 10.5 Å². The molecule has 1 saturated carbocycles. The second-order valence-electron chi connectivity index (χ2n) is 4.57. The van der Waals surface area contributed by atoms with E-state index in [1.54, 1.807) is 0 Å². The quantitative estimate of drug-likeness (QED) is 0.863. The van der Waals surface area contributed by atoms with Gasteiger partial charge in [-0.1, -0.05) is 15.9 Å². The first-order chi connectivity index (χ1) is 9.52. The standard InChI is InChI=1S/C13H10BrF2N3O/c14-7-3-8(15)12(16)9(4-7)20-11-5-10(17)18-13(19-11)6-1-2-6/h3-6H,1-2H2,(H2,17,18,19). The van der Waals surface area contributed by atoms with Gasteiger partial charge < -0.3 is 10.5 Å². The number of benzene rings is 1. The molecule has 1 aromatic heterocycles. The van der Waals surface area contributed by atoms with Crippen molar-refractivity contribution in [1.29, 1.82) is 0 Å². The lowest BCUT2D eigenvalue weighted by molar-refractivity contribution is 0.403. The lowest BCUT2D eigenvalue weighted by atomic mass is 10.3. The molecule has 1 aromatic carbocycles. The largest absolute Gasteiger partial charge is 0.436 e. The average molecular weight is 342 g/mol. The van der Waals surface area contributed by atoms with Gasteiger partial charge in [0.15, 0.2) is 11.6 Å². The zero-order valence-corrected chi connectivity index (χ0v) is 11.8. The van der Waals surface area contributed by atoms with Crippen LogP contribution in [0, 0.1) is 11.6 Å². The van der Waals surface area contributed by atoms with E-state index in [2.05, 4.69) is 25.9 Å². The van der Waals surface area contributed by atoms with Crippen LogP contribution in [0.3, 0.4) is 0 Å². The number of rotatable bonds is 3. The second kappa shape index (κ2) is 4.97. The number of halogens is 3. The second-order valence-corrected chi connectivity index (χ2v) is 5.48. The van der Waals surface area contributed by atoms with Gasteiger partial charge in [0, 0.05) is 16.5 Å². The molecule has 1 aliphatic rings. The summed E-state index contributed by atoms with van der Waals surface area (Å²) < 4.78 is 32.6. The van der Waals surface area contributed by atoms with Gasteiger partial charge in [0.2, 0.25) is 11.7 Å². The molecule has 0 radical (unpaired) electrons. The van der Waals surface area contributed by atoms with Crippen LogP contribution >= 0.6 is 15.9 Å². The Morgan fingerprint density at radius 1 is 1.20 bits per heavy atom. The van der Waals surface area contributed by atoms with Gasteiger partial charge in [-0.15, -0.1) is 0 Å². The van der Waals surface area contributed by atoms with Crippen LogP contribution < -0.4 is 10.5 Å². The molecular formula is C13H10BrF2N3O. The van der Waals surface area contributed by atoms with E-state index >= 15 is 0 Å². The molecular weight excluding hydrogens is 332 g/mol. The summed E-state index contributed by atoms with van der Waals surface area (Å²) in [6, 6.07) is 3.73. The van der Waals surface area contributed by atoms with Gasteiger partial charge in [-0.05, 0) is 25.0 Å². The highest BCUT2D eigenvalue weighted by molar-refractivity contribution is 9.10. The minimum atomic E-state index is -1.07. The van der Waals surface area contributed by atoms with Crippen molar-refractivity contribution < 1.29 is 13.5 Å². The molecule has 2 N–H and O–H groups in total. The molecule has 3 rings (SSSR count). The fourth-order valence-electron chi connectivity index (χ4n) is 1.76. The smallest absolute Gasteiger partial charge is 0.224 e. The highest BCUT2D eigenvalue weighted by Gasteiger charge is 2.27. The topological polar surface area (TPSA) is 61.0 Å². The van der Waals surface area contributed by atoms with Crippen LogP contribution in [0.25, 0.3) is 0 Å². The zero-order valence-electron chi connectivity index (χ0n) is 10.2. The highest BCUT2D eigenvalue weighted by Crippen LogP contribution is 2.39. The van der Waals surface area contributed by atoms with Gasteiger partial charge in [-0.2, -0.15) is 9.37 Å². The molecule has 1 fully saturated rings. The van der Waals surface area contributed by atoms with E-state index in [0.717, 1.165) is 18.9 Å². The summed E-state index contributed by atoms with van der Waals surface area (Å²) >= 11 is 3.08. The molecule has 0 unspecified atom stereocenters. The molecule has 1 aliphatic carbocycles. The molecule has 0 spiro atoms. The normalized spacial score (nSPS) is 14.3. The molecule has 0 atom stereocenters. The first kappa shape index (κ1) is 13.2. The Hall–Kier alpha value is -1.76. The Bertz CT molecular complexity index is 677. The SMILES string of the molecule is Nc1cc(Oc2cc(Br)cc(F)c2F)nc(C2CC2)n1. The monoisotopic (exact) mass is 341 g/mol. The lowest BCUT2D eigenvalue weighted by Crippen LogP contribution is -2.01. The van der Waals surface area contributed by atoms with Crippen LogP contribution in [0.1, 0.15) is 24.6 Å². The van der Waals surface area contributed by atoms with Crippen LogP contribution in [-0.2, 0) is 0 Å². The maximum atomic E-state index is 13.6. The van der Waals surface area contributed by atoms with Crippen molar-refractivity contribution >= 4 is 21.7 Å². The third kappa shape index (κ3) is 2.72. The van der Waals surface area contributed by atoms with Crippen LogP contribution in [0.2, 0.25) is 0 Å². The number of aromatic nitrogens is 2. The van der Waals surface area contributed by atoms with Crippen molar-refractivity contribution in [2.24, 2.45) is 0 Å². The number of hydrogen-bond acceptors (Lipinski definition) is 4. The summed E-state index contributed by atoms with van der Waals surface area (Å²) in [6.07, 6.45) is 2.01. The molecule has 20 heavy (non-hydrogen) atoms. The van der Waals surface area contributed by atoms with Crippen LogP contribution in [0.15, 0.2) is 22.7 Å². The van der Waals surface area contributed by atoms with Crippen LogP contribution in [-0.4, -0.2) is 9.97 Å². The highest BCUT2D eigenvalue weighted by atomic mass is 79.9.